The maximum Gasteiger partial charge on any atom is 0.239 e. The highest BCUT2D eigenvalue weighted by atomic mass is 16.2. The first-order valence-corrected chi connectivity index (χ1v) is 9.60. The molecule has 5 nitrogen and oxygen atoms in total. The fourth-order valence-electron chi connectivity index (χ4n) is 4.16. The van der Waals surface area contributed by atoms with Crippen molar-refractivity contribution in [1.29, 1.82) is 0 Å². The van der Waals surface area contributed by atoms with Gasteiger partial charge in [0.1, 0.15) is 0 Å². The molecule has 2 saturated heterocycles. The number of hydrogen-bond acceptors (Lipinski definition) is 4. The number of likely N-dealkylation sites (tertiary alicyclic amines) is 1. The second kappa shape index (κ2) is 8.30. The van der Waals surface area contributed by atoms with Gasteiger partial charge in [-0.25, -0.2) is 0 Å². The second-order valence-corrected chi connectivity index (χ2v) is 7.72. The Morgan fingerprint density at radius 2 is 1.84 bits per heavy atom. The Hall–Kier alpha value is -1.43. The minimum Gasteiger partial charge on any atom is -0.344 e. The fraction of sp³-hybridized carbons (Fsp3) is 0.650. The molecule has 0 aromatic heterocycles. The maximum atomic E-state index is 13.1. The predicted molar refractivity (Wildman–Crippen MR) is 101 cm³/mol. The monoisotopic (exact) mass is 344 g/mol. The summed E-state index contributed by atoms with van der Waals surface area (Å²) in [6.07, 6.45) is 3.31. The topological polar surface area (TPSA) is 47.6 Å². The lowest BCUT2D eigenvalue weighted by molar-refractivity contribution is -0.137. The molecule has 0 radical (unpaired) electrons. The van der Waals surface area contributed by atoms with E-state index in [0.29, 0.717) is 18.0 Å². The zero-order chi connectivity index (χ0) is 17.8. The summed E-state index contributed by atoms with van der Waals surface area (Å²) >= 11 is 0. The molecule has 2 N–H and O–H groups in total. The predicted octanol–water partition coefficient (Wildman–Crippen LogP) is 2.00. The molecule has 1 amide bonds. The Morgan fingerprint density at radius 1 is 1.16 bits per heavy atom. The summed E-state index contributed by atoms with van der Waals surface area (Å²) in [6.45, 7) is 7.04. The smallest absolute Gasteiger partial charge is 0.239 e. The van der Waals surface area contributed by atoms with E-state index in [4.69, 9.17) is 0 Å². The molecule has 0 spiro atoms. The van der Waals surface area contributed by atoms with E-state index in [-0.39, 0.29) is 11.9 Å². The van der Waals surface area contributed by atoms with E-state index in [0.717, 1.165) is 32.5 Å². The average molecular weight is 345 g/mol. The number of rotatable bonds is 5. The molecule has 2 heterocycles. The lowest BCUT2D eigenvalue weighted by Crippen LogP contribution is -2.51. The Balaban J connectivity index is 1.63. The largest absolute Gasteiger partial charge is 0.344 e. The van der Waals surface area contributed by atoms with Gasteiger partial charge in [-0.3, -0.25) is 20.5 Å². The van der Waals surface area contributed by atoms with Crippen LogP contribution in [0.3, 0.4) is 0 Å². The fourth-order valence-corrected chi connectivity index (χ4v) is 4.16. The zero-order valence-corrected chi connectivity index (χ0v) is 15.7. The van der Waals surface area contributed by atoms with E-state index in [1.54, 1.807) is 0 Å². The van der Waals surface area contributed by atoms with Crippen LogP contribution >= 0.6 is 0 Å². The number of likely N-dealkylation sites (N-methyl/N-ethyl adjacent to an activating group) is 1. The van der Waals surface area contributed by atoms with Gasteiger partial charge in [-0.05, 0) is 38.8 Å². The standard InChI is InChI=1S/C20H32N4O/c1-15-18(16(2)22-21-15)14-23(3)20(25)19-11-7-8-12-24(19)13-17-9-5-4-6-10-17/h4-6,9-10,15-16,18-19,21-22H,7-8,11-14H2,1-3H3. The van der Waals surface area contributed by atoms with E-state index < -0.39 is 0 Å². The Bertz CT molecular complexity index is 554. The molecule has 1 aromatic carbocycles. The minimum atomic E-state index is 0.0203. The van der Waals surface area contributed by atoms with Gasteiger partial charge in [-0.2, -0.15) is 0 Å². The van der Waals surface area contributed by atoms with Gasteiger partial charge in [0.2, 0.25) is 5.91 Å². The number of nitrogens with zero attached hydrogens (tertiary/aromatic N) is 2. The summed E-state index contributed by atoms with van der Waals surface area (Å²) in [5, 5.41) is 0. The van der Waals surface area contributed by atoms with Crippen molar-refractivity contribution in [2.24, 2.45) is 5.92 Å². The van der Waals surface area contributed by atoms with Gasteiger partial charge in [0.15, 0.2) is 0 Å². The molecular formula is C20H32N4O. The molecule has 2 fully saturated rings. The summed E-state index contributed by atoms with van der Waals surface area (Å²) in [6, 6.07) is 11.3. The molecule has 3 atom stereocenters. The first kappa shape index (κ1) is 18.4. The average Bonchev–Trinajstić information content (AvgIpc) is 2.94. The van der Waals surface area contributed by atoms with Crippen LogP contribution in [0, 0.1) is 5.92 Å². The summed E-state index contributed by atoms with van der Waals surface area (Å²) in [7, 11) is 1.97. The van der Waals surface area contributed by atoms with Crippen LogP contribution in [0.5, 0.6) is 0 Å². The molecule has 1 aromatic rings. The van der Waals surface area contributed by atoms with Gasteiger partial charge < -0.3 is 4.90 Å². The molecule has 0 bridgehead atoms. The zero-order valence-electron chi connectivity index (χ0n) is 15.7. The van der Waals surface area contributed by atoms with Gasteiger partial charge in [-0.1, -0.05) is 36.8 Å². The quantitative estimate of drug-likeness (QED) is 0.858. The van der Waals surface area contributed by atoms with Crippen LogP contribution in [-0.2, 0) is 11.3 Å². The lowest BCUT2D eigenvalue weighted by atomic mass is 9.95. The lowest BCUT2D eigenvalue weighted by Gasteiger charge is -2.37. The van der Waals surface area contributed by atoms with Gasteiger partial charge >= 0.3 is 0 Å². The molecule has 25 heavy (non-hydrogen) atoms. The third kappa shape index (κ3) is 4.40. The van der Waals surface area contributed by atoms with Crippen LogP contribution in [-0.4, -0.2) is 54.0 Å². The number of carbonyl (C=O) groups excluding carboxylic acids is 1. The van der Waals surface area contributed by atoms with E-state index in [9.17, 15) is 4.79 Å². The maximum absolute atomic E-state index is 13.1. The van der Waals surface area contributed by atoms with Gasteiger partial charge in [0.05, 0.1) is 6.04 Å². The van der Waals surface area contributed by atoms with Crippen molar-refractivity contribution in [2.45, 2.75) is 57.8 Å². The number of piperidine rings is 1. The van der Waals surface area contributed by atoms with E-state index in [1.165, 1.54) is 12.0 Å². The molecular weight excluding hydrogens is 312 g/mol. The molecule has 0 aliphatic carbocycles. The Kier molecular flexibility index (Phi) is 6.10. The molecule has 138 valence electrons. The van der Waals surface area contributed by atoms with Crippen molar-refractivity contribution in [2.75, 3.05) is 20.1 Å². The summed E-state index contributed by atoms with van der Waals surface area (Å²) < 4.78 is 0. The van der Waals surface area contributed by atoms with Crippen LogP contribution in [0.15, 0.2) is 30.3 Å². The number of benzene rings is 1. The van der Waals surface area contributed by atoms with E-state index in [1.807, 2.05) is 18.0 Å². The third-order valence-corrected chi connectivity index (χ3v) is 5.81. The number of amides is 1. The van der Waals surface area contributed by atoms with Crippen LogP contribution in [0.2, 0.25) is 0 Å². The molecule has 3 unspecified atom stereocenters. The first-order chi connectivity index (χ1) is 12.1. The number of hydrogen-bond donors (Lipinski definition) is 2. The third-order valence-electron chi connectivity index (χ3n) is 5.81. The number of nitrogens with one attached hydrogen (secondary N) is 2. The van der Waals surface area contributed by atoms with Crippen LogP contribution in [0.25, 0.3) is 0 Å². The van der Waals surface area contributed by atoms with Crippen LogP contribution < -0.4 is 10.9 Å². The number of hydrazine groups is 1. The summed E-state index contributed by atoms with van der Waals surface area (Å²) in [5.41, 5.74) is 7.86. The van der Waals surface area contributed by atoms with Gasteiger partial charge in [-0.15, -0.1) is 0 Å². The van der Waals surface area contributed by atoms with Gasteiger partial charge in [0, 0.05) is 38.1 Å². The van der Waals surface area contributed by atoms with Crippen molar-refractivity contribution in [3.63, 3.8) is 0 Å². The normalized spacial score (nSPS) is 30.4. The minimum absolute atomic E-state index is 0.0203. The first-order valence-electron chi connectivity index (χ1n) is 9.60. The van der Waals surface area contributed by atoms with Crippen molar-refractivity contribution in [3.05, 3.63) is 35.9 Å². The molecule has 0 saturated carbocycles. The molecule has 2 aliphatic rings. The van der Waals surface area contributed by atoms with Crippen molar-refractivity contribution in [3.8, 4) is 0 Å². The van der Waals surface area contributed by atoms with Crippen LogP contribution in [0.1, 0.15) is 38.7 Å². The van der Waals surface area contributed by atoms with E-state index in [2.05, 4.69) is 53.9 Å². The summed E-state index contributed by atoms with van der Waals surface area (Å²) in [4.78, 5) is 17.5. The van der Waals surface area contributed by atoms with Crippen molar-refractivity contribution in [1.82, 2.24) is 20.7 Å². The highest BCUT2D eigenvalue weighted by molar-refractivity contribution is 5.81. The summed E-state index contributed by atoms with van der Waals surface area (Å²) in [5.74, 6) is 0.724. The van der Waals surface area contributed by atoms with Crippen molar-refractivity contribution < 1.29 is 4.79 Å². The second-order valence-electron chi connectivity index (χ2n) is 7.72. The highest BCUT2D eigenvalue weighted by Crippen LogP contribution is 2.23. The molecule has 2 aliphatic heterocycles. The SMILES string of the molecule is CC1NNC(C)C1CN(C)C(=O)C1CCCCN1Cc1ccccc1. The molecule has 5 heteroatoms. The van der Waals surface area contributed by atoms with E-state index >= 15 is 0 Å². The van der Waals surface area contributed by atoms with Crippen molar-refractivity contribution >= 4 is 5.91 Å². The molecule has 3 rings (SSSR count). The Labute approximate surface area is 151 Å². The highest BCUT2D eigenvalue weighted by Gasteiger charge is 2.35. The number of carbonyl (C=O) groups is 1. The van der Waals surface area contributed by atoms with Crippen LogP contribution in [0.4, 0.5) is 0 Å². The Morgan fingerprint density at radius 3 is 2.52 bits per heavy atom. The van der Waals surface area contributed by atoms with Gasteiger partial charge in [0.25, 0.3) is 0 Å².